The maximum absolute atomic E-state index is 13.4. The zero-order valence-electron chi connectivity index (χ0n) is 13.2. The molecule has 120 valence electrons. The highest BCUT2D eigenvalue weighted by Crippen LogP contribution is 2.21. The van der Waals surface area contributed by atoms with Crippen molar-refractivity contribution in [2.45, 2.75) is 38.4 Å². The summed E-state index contributed by atoms with van der Waals surface area (Å²) in [7, 11) is 0. The molecule has 0 aliphatic heterocycles. The van der Waals surface area contributed by atoms with Gasteiger partial charge in [0.15, 0.2) is 0 Å². The normalized spacial score (nSPS) is 15.2. The zero-order valence-corrected chi connectivity index (χ0v) is 13.2. The number of hydrogen-bond acceptors (Lipinski definition) is 2. The van der Waals surface area contributed by atoms with Gasteiger partial charge in [-0.15, -0.1) is 0 Å². The third-order valence-corrected chi connectivity index (χ3v) is 4.05. The molecule has 0 aromatic heterocycles. The number of aryl methyl sites for hydroxylation is 1. The minimum absolute atomic E-state index is 0.00228. The first-order chi connectivity index (χ1) is 11.1. The molecule has 1 atom stereocenters. The second-order valence-corrected chi connectivity index (χ2v) is 6.09. The first-order valence-electron chi connectivity index (χ1n) is 7.97. The van der Waals surface area contributed by atoms with E-state index in [9.17, 15) is 9.18 Å². The Morgan fingerprint density at radius 1 is 1.22 bits per heavy atom. The molecule has 23 heavy (non-hydrogen) atoms. The highest BCUT2D eigenvalue weighted by Gasteiger charge is 2.28. The largest absolute Gasteiger partial charge is 0.352 e. The fourth-order valence-corrected chi connectivity index (χ4v) is 2.56. The lowest BCUT2D eigenvalue weighted by Gasteiger charge is -2.19. The van der Waals surface area contributed by atoms with Crippen LogP contribution in [-0.4, -0.2) is 11.9 Å². The third-order valence-electron chi connectivity index (χ3n) is 4.05. The summed E-state index contributed by atoms with van der Waals surface area (Å²) in [4.78, 5) is 12.5. The molecule has 3 nitrogen and oxygen atoms in total. The SMILES string of the molecule is Cc1cc(CNC(C(=O)NC2CC2)c2ccccc2)ccc1F. The van der Waals surface area contributed by atoms with Crippen molar-refractivity contribution in [1.82, 2.24) is 10.6 Å². The molecule has 1 amide bonds. The van der Waals surface area contributed by atoms with Crippen LogP contribution in [0.15, 0.2) is 48.5 Å². The summed E-state index contributed by atoms with van der Waals surface area (Å²) in [6.45, 7) is 2.26. The second-order valence-electron chi connectivity index (χ2n) is 6.09. The topological polar surface area (TPSA) is 41.1 Å². The first-order valence-corrected chi connectivity index (χ1v) is 7.97. The highest BCUT2D eigenvalue weighted by atomic mass is 19.1. The Bertz CT molecular complexity index is 683. The number of amides is 1. The van der Waals surface area contributed by atoms with Crippen molar-refractivity contribution in [3.8, 4) is 0 Å². The molecule has 0 heterocycles. The van der Waals surface area contributed by atoms with E-state index in [1.54, 1.807) is 13.0 Å². The van der Waals surface area contributed by atoms with E-state index in [4.69, 9.17) is 0 Å². The number of nitrogens with one attached hydrogen (secondary N) is 2. The predicted octanol–water partition coefficient (Wildman–Crippen LogP) is 3.24. The molecule has 1 aliphatic rings. The van der Waals surface area contributed by atoms with Gasteiger partial charge in [-0.2, -0.15) is 0 Å². The van der Waals surface area contributed by atoms with Gasteiger partial charge in [0.2, 0.25) is 5.91 Å². The van der Waals surface area contributed by atoms with E-state index < -0.39 is 6.04 Å². The predicted molar refractivity (Wildman–Crippen MR) is 88.3 cm³/mol. The molecule has 0 spiro atoms. The Hall–Kier alpha value is -2.20. The van der Waals surface area contributed by atoms with Gasteiger partial charge in [0.25, 0.3) is 0 Å². The fourth-order valence-electron chi connectivity index (χ4n) is 2.56. The van der Waals surface area contributed by atoms with Gasteiger partial charge in [-0.1, -0.05) is 42.5 Å². The van der Waals surface area contributed by atoms with Crippen molar-refractivity contribution in [2.24, 2.45) is 0 Å². The van der Waals surface area contributed by atoms with Gasteiger partial charge in [-0.3, -0.25) is 10.1 Å². The van der Waals surface area contributed by atoms with Crippen molar-refractivity contribution < 1.29 is 9.18 Å². The van der Waals surface area contributed by atoms with Crippen LogP contribution in [0.2, 0.25) is 0 Å². The minimum atomic E-state index is -0.401. The number of hydrogen-bond donors (Lipinski definition) is 2. The van der Waals surface area contributed by atoms with E-state index in [2.05, 4.69) is 10.6 Å². The van der Waals surface area contributed by atoms with Crippen molar-refractivity contribution >= 4 is 5.91 Å². The lowest BCUT2D eigenvalue weighted by Crippen LogP contribution is -2.38. The van der Waals surface area contributed by atoms with E-state index >= 15 is 0 Å². The lowest BCUT2D eigenvalue weighted by molar-refractivity contribution is -0.123. The molecule has 1 fully saturated rings. The Morgan fingerprint density at radius 2 is 1.96 bits per heavy atom. The fraction of sp³-hybridized carbons (Fsp3) is 0.316. The molecule has 1 saturated carbocycles. The van der Waals surface area contributed by atoms with Crippen molar-refractivity contribution in [3.63, 3.8) is 0 Å². The van der Waals surface area contributed by atoms with Crippen LogP contribution in [0.3, 0.4) is 0 Å². The molecule has 1 unspecified atom stereocenters. The molecule has 0 bridgehead atoms. The Balaban J connectivity index is 1.72. The molecule has 2 N–H and O–H groups in total. The monoisotopic (exact) mass is 312 g/mol. The van der Waals surface area contributed by atoms with E-state index in [1.165, 1.54) is 6.07 Å². The van der Waals surface area contributed by atoms with E-state index in [1.807, 2.05) is 36.4 Å². The van der Waals surface area contributed by atoms with Crippen molar-refractivity contribution in [1.29, 1.82) is 0 Å². The van der Waals surface area contributed by atoms with Gasteiger partial charge in [-0.25, -0.2) is 4.39 Å². The van der Waals surface area contributed by atoms with Gasteiger partial charge < -0.3 is 5.32 Å². The van der Waals surface area contributed by atoms with Crippen molar-refractivity contribution in [3.05, 3.63) is 71.0 Å². The van der Waals surface area contributed by atoms with Crippen molar-refractivity contribution in [2.75, 3.05) is 0 Å². The van der Waals surface area contributed by atoms with Gasteiger partial charge in [0.1, 0.15) is 11.9 Å². The molecule has 4 heteroatoms. The molecule has 3 rings (SSSR count). The number of rotatable bonds is 6. The van der Waals surface area contributed by atoms with Crippen LogP contribution in [-0.2, 0) is 11.3 Å². The van der Waals surface area contributed by atoms with Crippen LogP contribution in [0, 0.1) is 12.7 Å². The van der Waals surface area contributed by atoms with E-state index in [0.717, 1.165) is 24.0 Å². The third kappa shape index (κ3) is 4.17. The smallest absolute Gasteiger partial charge is 0.241 e. The lowest BCUT2D eigenvalue weighted by atomic mass is 10.0. The Morgan fingerprint density at radius 3 is 2.61 bits per heavy atom. The van der Waals surface area contributed by atoms with Crippen LogP contribution in [0.4, 0.5) is 4.39 Å². The first kappa shape index (κ1) is 15.7. The molecule has 2 aromatic rings. The van der Waals surface area contributed by atoms with E-state index in [0.29, 0.717) is 18.2 Å². The van der Waals surface area contributed by atoms with Gasteiger partial charge in [0.05, 0.1) is 0 Å². The standard InChI is InChI=1S/C19H21FN2O/c1-13-11-14(7-10-17(13)20)12-21-18(15-5-3-2-4-6-15)19(23)22-16-8-9-16/h2-7,10-11,16,18,21H,8-9,12H2,1H3,(H,22,23). The summed E-state index contributed by atoms with van der Waals surface area (Å²) in [6, 6.07) is 14.6. The molecule has 0 radical (unpaired) electrons. The highest BCUT2D eigenvalue weighted by molar-refractivity contribution is 5.83. The number of carbonyl (C=O) groups excluding carboxylic acids is 1. The van der Waals surface area contributed by atoms with Gasteiger partial charge in [-0.05, 0) is 42.5 Å². The van der Waals surface area contributed by atoms with E-state index in [-0.39, 0.29) is 11.7 Å². The van der Waals surface area contributed by atoms with Crippen LogP contribution in [0.5, 0.6) is 0 Å². The summed E-state index contributed by atoms with van der Waals surface area (Å²) in [5.41, 5.74) is 2.51. The number of halogens is 1. The Kier molecular flexibility index (Phi) is 4.72. The zero-order chi connectivity index (χ0) is 16.2. The second kappa shape index (κ2) is 6.92. The van der Waals surface area contributed by atoms with Gasteiger partial charge in [0, 0.05) is 12.6 Å². The number of carbonyl (C=O) groups is 1. The quantitative estimate of drug-likeness (QED) is 0.860. The summed E-state index contributed by atoms with van der Waals surface area (Å²) in [5, 5.41) is 6.35. The Labute approximate surface area is 135 Å². The summed E-state index contributed by atoms with van der Waals surface area (Å²) in [6.07, 6.45) is 2.12. The molecule has 1 aliphatic carbocycles. The average molecular weight is 312 g/mol. The average Bonchev–Trinajstić information content (AvgIpc) is 3.36. The summed E-state index contributed by atoms with van der Waals surface area (Å²) < 4.78 is 13.4. The van der Waals surface area contributed by atoms with Crippen LogP contribution >= 0.6 is 0 Å². The minimum Gasteiger partial charge on any atom is -0.352 e. The van der Waals surface area contributed by atoms with Crippen LogP contribution < -0.4 is 10.6 Å². The molecule has 2 aromatic carbocycles. The maximum atomic E-state index is 13.4. The van der Waals surface area contributed by atoms with Crippen LogP contribution in [0.25, 0.3) is 0 Å². The summed E-state index contributed by atoms with van der Waals surface area (Å²) in [5.74, 6) is -0.211. The molecular weight excluding hydrogens is 291 g/mol. The number of benzene rings is 2. The molecular formula is C19H21FN2O. The maximum Gasteiger partial charge on any atom is 0.241 e. The summed E-state index contributed by atoms with van der Waals surface area (Å²) >= 11 is 0. The molecule has 0 saturated heterocycles. The van der Waals surface area contributed by atoms with Crippen LogP contribution in [0.1, 0.15) is 35.6 Å². The van der Waals surface area contributed by atoms with Gasteiger partial charge >= 0.3 is 0 Å².